The van der Waals surface area contributed by atoms with Gasteiger partial charge in [-0.1, -0.05) is 24.3 Å². The molecule has 1 atom stereocenters. The third-order valence-corrected chi connectivity index (χ3v) is 7.00. The number of carbonyl (C=O) groups is 1. The van der Waals surface area contributed by atoms with E-state index in [4.69, 9.17) is 9.73 Å². The van der Waals surface area contributed by atoms with Crippen LogP contribution >= 0.6 is 11.8 Å². The molecule has 32 heavy (non-hydrogen) atoms. The number of amides is 1. The Balaban J connectivity index is 1.42. The summed E-state index contributed by atoms with van der Waals surface area (Å²) in [6, 6.07) is 14.8. The van der Waals surface area contributed by atoms with Gasteiger partial charge in [0.25, 0.3) is 5.91 Å². The van der Waals surface area contributed by atoms with Crippen LogP contribution in [0.1, 0.15) is 31.2 Å². The fourth-order valence-corrected chi connectivity index (χ4v) is 5.34. The Kier molecular flexibility index (Phi) is 6.28. The van der Waals surface area contributed by atoms with Gasteiger partial charge in [-0.3, -0.25) is 9.69 Å². The zero-order valence-electron chi connectivity index (χ0n) is 17.9. The summed E-state index contributed by atoms with van der Waals surface area (Å²) in [5.41, 5.74) is 2.11. The van der Waals surface area contributed by atoms with Crippen LogP contribution in [0.3, 0.4) is 0 Å². The molecule has 3 aliphatic heterocycles. The van der Waals surface area contributed by atoms with Crippen molar-refractivity contribution < 1.29 is 13.9 Å². The van der Waals surface area contributed by atoms with Crippen LogP contribution in [0.4, 0.5) is 15.8 Å². The van der Waals surface area contributed by atoms with Crippen molar-refractivity contribution in [2.75, 3.05) is 31.1 Å². The molecule has 3 saturated heterocycles. The second kappa shape index (κ2) is 9.46. The van der Waals surface area contributed by atoms with Gasteiger partial charge < -0.3 is 9.64 Å². The molecule has 0 spiro atoms. The molecule has 0 aliphatic carbocycles. The zero-order chi connectivity index (χ0) is 21.9. The third-order valence-electron chi connectivity index (χ3n) is 6.00. The Morgan fingerprint density at radius 1 is 1.12 bits per heavy atom. The van der Waals surface area contributed by atoms with Gasteiger partial charge in [-0.25, -0.2) is 9.38 Å². The summed E-state index contributed by atoms with van der Waals surface area (Å²) in [6.45, 7) is 3.00. The maximum atomic E-state index is 14.8. The van der Waals surface area contributed by atoms with E-state index in [0.717, 1.165) is 51.1 Å². The van der Waals surface area contributed by atoms with Crippen molar-refractivity contribution >= 4 is 40.3 Å². The fourth-order valence-electron chi connectivity index (χ4n) is 4.34. The number of ether oxygens (including phenoxy) is 1. The maximum absolute atomic E-state index is 14.8. The second-order valence-corrected chi connectivity index (χ2v) is 9.31. The van der Waals surface area contributed by atoms with Crippen molar-refractivity contribution in [3.63, 3.8) is 0 Å². The standard InChI is InChI=1S/C25H26FN3O2S/c26-21-15-18(10-11-22(21)28-12-4-5-13-28)16-23-24(30)29(17-20-9-6-14-31-20)25(32-23)27-19-7-2-1-3-8-19/h1-3,7-8,10-11,15-16,20H,4-6,9,12-14,17H2. The topological polar surface area (TPSA) is 45.1 Å². The van der Waals surface area contributed by atoms with E-state index >= 15 is 0 Å². The van der Waals surface area contributed by atoms with Crippen LogP contribution in [0.15, 0.2) is 58.4 Å². The molecule has 0 saturated carbocycles. The summed E-state index contributed by atoms with van der Waals surface area (Å²) in [5.74, 6) is -0.352. The summed E-state index contributed by atoms with van der Waals surface area (Å²) >= 11 is 1.33. The van der Waals surface area contributed by atoms with Crippen molar-refractivity contribution in [3.8, 4) is 0 Å². The van der Waals surface area contributed by atoms with Gasteiger partial charge in [0, 0.05) is 19.7 Å². The minimum Gasteiger partial charge on any atom is -0.376 e. The molecule has 0 radical (unpaired) electrons. The largest absolute Gasteiger partial charge is 0.376 e. The normalized spacial score (nSPS) is 23.8. The number of carbonyl (C=O) groups excluding carboxylic acids is 1. The summed E-state index contributed by atoms with van der Waals surface area (Å²) in [6.07, 6.45) is 5.93. The Hall–Kier alpha value is -2.64. The van der Waals surface area contributed by atoms with Crippen LogP contribution in [0, 0.1) is 5.82 Å². The van der Waals surface area contributed by atoms with Gasteiger partial charge >= 0.3 is 0 Å². The number of amidine groups is 1. The van der Waals surface area contributed by atoms with Gasteiger partial charge in [-0.15, -0.1) is 0 Å². The van der Waals surface area contributed by atoms with Crippen molar-refractivity contribution in [3.05, 3.63) is 64.8 Å². The monoisotopic (exact) mass is 451 g/mol. The maximum Gasteiger partial charge on any atom is 0.266 e. The van der Waals surface area contributed by atoms with E-state index in [1.165, 1.54) is 17.8 Å². The van der Waals surface area contributed by atoms with Crippen molar-refractivity contribution in [1.82, 2.24) is 4.90 Å². The average Bonchev–Trinajstić information content (AvgIpc) is 3.55. The number of nitrogens with zero attached hydrogens (tertiary/aromatic N) is 3. The molecule has 5 nitrogen and oxygen atoms in total. The van der Waals surface area contributed by atoms with Crippen LogP contribution in [0.25, 0.3) is 6.08 Å². The summed E-state index contributed by atoms with van der Waals surface area (Å²) in [7, 11) is 0. The third kappa shape index (κ3) is 4.59. The van der Waals surface area contributed by atoms with Gasteiger partial charge in [0.1, 0.15) is 5.82 Å². The minimum atomic E-state index is -0.244. The lowest BCUT2D eigenvalue weighted by Crippen LogP contribution is -2.36. The number of halogens is 1. The van der Waals surface area contributed by atoms with E-state index in [1.807, 2.05) is 42.5 Å². The SMILES string of the molecule is O=C1C(=Cc2ccc(N3CCCC3)c(F)c2)SC(=Nc2ccccc2)N1CC1CCCO1. The smallest absolute Gasteiger partial charge is 0.266 e. The lowest BCUT2D eigenvalue weighted by molar-refractivity contribution is -0.123. The van der Waals surface area contributed by atoms with Gasteiger partial charge in [0.05, 0.1) is 28.9 Å². The molecule has 5 rings (SSSR count). The Labute approximate surface area is 192 Å². The molecule has 0 aromatic heterocycles. The molecule has 3 aliphatic rings. The molecule has 166 valence electrons. The highest BCUT2D eigenvalue weighted by Crippen LogP contribution is 2.35. The van der Waals surface area contributed by atoms with E-state index in [1.54, 1.807) is 11.0 Å². The number of hydrogen-bond donors (Lipinski definition) is 0. The molecule has 0 bridgehead atoms. The van der Waals surface area contributed by atoms with Crippen molar-refractivity contribution in [1.29, 1.82) is 0 Å². The van der Waals surface area contributed by atoms with Gasteiger partial charge in [-0.2, -0.15) is 0 Å². The first-order chi connectivity index (χ1) is 15.7. The van der Waals surface area contributed by atoms with Crippen LogP contribution in [0.2, 0.25) is 0 Å². The first-order valence-corrected chi connectivity index (χ1v) is 12.0. The van der Waals surface area contributed by atoms with Crippen molar-refractivity contribution in [2.45, 2.75) is 31.8 Å². The highest BCUT2D eigenvalue weighted by atomic mass is 32.2. The quantitative estimate of drug-likeness (QED) is 0.586. The van der Waals surface area contributed by atoms with E-state index in [0.29, 0.717) is 27.9 Å². The molecule has 0 N–H and O–H groups in total. The van der Waals surface area contributed by atoms with Gasteiger partial charge in [0.2, 0.25) is 0 Å². The molecule has 7 heteroatoms. The predicted octanol–water partition coefficient (Wildman–Crippen LogP) is 5.21. The number of benzene rings is 2. The number of para-hydroxylation sites is 1. The highest BCUT2D eigenvalue weighted by molar-refractivity contribution is 8.18. The first kappa shape index (κ1) is 21.2. The Morgan fingerprint density at radius 3 is 2.66 bits per heavy atom. The Morgan fingerprint density at radius 2 is 1.94 bits per heavy atom. The molecule has 3 heterocycles. The summed E-state index contributed by atoms with van der Waals surface area (Å²) in [4.78, 5) is 22.3. The molecule has 1 unspecified atom stereocenters. The highest BCUT2D eigenvalue weighted by Gasteiger charge is 2.36. The minimum absolute atomic E-state index is 0.0251. The molecule has 1 amide bonds. The van der Waals surface area contributed by atoms with Crippen LogP contribution < -0.4 is 4.90 Å². The van der Waals surface area contributed by atoms with Gasteiger partial charge in [0.15, 0.2) is 5.17 Å². The second-order valence-electron chi connectivity index (χ2n) is 8.30. The zero-order valence-corrected chi connectivity index (χ0v) is 18.7. The lowest BCUT2D eigenvalue weighted by atomic mass is 10.1. The summed E-state index contributed by atoms with van der Waals surface area (Å²) in [5, 5.41) is 0.636. The predicted molar refractivity (Wildman–Crippen MR) is 128 cm³/mol. The van der Waals surface area contributed by atoms with Crippen LogP contribution in [-0.4, -0.2) is 48.3 Å². The van der Waals surface area contributed by atoms with E-state index in [-0.39, 0.29) is 17.8 Å². The average molecular weight is 452 g/mol. The number of aliphatic imine (C=N–C) groups is 1. The number of anilines is 1. The molecule has 2 aromatic rings. The van der Waals surface area contributed by atoms with E-state index in [9.17, 15) is 9.18 Å². The van der Waals surface area contributed by atoms with Crippen LogP contribution in [-0.2, 0) is 9.53 Å². The first-order valence-electron chi connectivity index (χ1n) is 11.2. The van der Waals surface area contributed by atoms with Gasteiger partial charge in [-0.05, 0) is 73.4 Å². The lowest BCUT2D eigenvalue weighted by Gasteiger charge is -2.19. The van der Waals surface area contributed by atoms with E-state index < -0.39 is 0 Å². The molecule has 2 aromatic carbocycles. The summed E-state index contributed by atoms with van der Waals surface area (Å²) < 4.78 is 20.5. The molecular formula is C25H26FN3O2S. The van der Waals surface area contributed by atoms with Crippen molar-refractivity contribution in [2.24, 2.45) is 4.99 Å². The number of rotatable bonds is 5. The molecule has 3 fully saturated rings. The molecular weight excluding hydrogens is 425 g/mol. The fraction of sp³-hybridized carbons (Fsp3) is 0.360. The number of hydrogen-bond acceptors (Lipinski definition) is 5. The van der Waals surface area contributed by atoms with Crippen LogP contribution in [0.5, 0.6) is 0 Å². The van der Waals surface area contributed by atoms with E-state index in [2.05, 4.69) is 4.90 Å². The number of thioether (sulfide) groups is 1. The Bertz CT molecular complexity index is 1040.